The number of carbonyl (C=O) groups is 1. The Labute approximate surface area is 180 Å². The molecule has 1 aliphatic heterocycles. The average molecular weight is 443 g/mol. The Balaban J connectivity index is 1.49. The Bertz CT molecular complexity index is 1120. The molecule has 0 saturated carbocycles. The fourth-order valence-electron chi connectivity index (χ4n) is 3.22. The van der Waals surface area contributed by atoms with E-state index in [-0.39, 0.29) is 5.91 Å². The van der Waals surface area contributed by atoms with E-state index >= 15 is 0 Å². The molecule has 0 atom stereocenters. The Kier molecular flexibility index (Phi) is 6.29. The van der Waals surface area contributed by atoms with Gasteiger partial charge in [0.25, 0.3) is 15.9 Å². The second-order valence-corrected chi connectivity index (χ2v) is 10.1. The number of morpholine rings is 1. The van der Waals surface area contributed by atoms with E-state index in [1.165, 1.54) is 15.6 Å². The van der Waals surface area contributed by atoms with Crippen LogP contribution in [0.25, 0.3) is 10.4 Å². The first-order valence-electron chi connectivity index (χ1n) is 9.64. The summed E-state index contributed by atoms with van der Waals surface area (Å²) in [6.07, 6.45) is 0. The number of amides is 1. The van der Waals surface area contributed by atoms with Gasteiger partial charge in [-0.2, -0.15) is 4.31 Å². The number of carbonyl (C=O) groups excluding carboxylic acids is 1. The fourth-order valence-corrected chi connectivity index (χ4v) is 6.09. The van der Waals surface area contributed by atoms with Crippen LogP contribution in [-0.2, 0) is 21.3 Å². The number of thiophene rings is 1. The van der Waals surface area contributed by atoms with Gasteiger partial charge in [-0.15, -0.1) is 11.3 Å². The molecule has 1 aromatic heterocycles. The third-order valence-corrected chi connectivity index (χ3v) is 8.35. The Morgan fingerprint density at radius 1 is 1.00 bits per heavy atom. The number of ether oxygens (including phenoxy) is 1. The highest BCUT2D eigenvalue weighted by Gasteiger charge is 2.27. The van der Waals surface area contributed by atoms with E-state index in [1.807, 2.05) is 42.5 Å². The highest BCUT2D eigenvalue weighted by molar-refractivity contribution is 7.91. The molecule has 0 bridgehead atoms. The van der Waals surface area contributed by atoms with Crippen molar-refractivity contribution in [2.24, 2.45) is 0 Å². The first-order valence-corrected chi connectivity index (χ1v) is 11.9. The molecule has 30 heavy (non-hydrogen) atoms. The van der Waals surface area contributed by atoms with Crippen LogP contribution in [0.15, 0.2) is 70.9 Å². The minimum Gasteiger partial charge on any atom is -0.379 e. The van der Waals surface area contributed by atoms with Crippen molar-refractivity contribution in [1.29, 1.82) is 0 Å². The smallest absolute Gasteiger partial charge is 0.252 e. The van der Waals surface area contributed by atoms with E-state index in [4.69, 9.17) is 4.74 Å². The van der Waals surface area contributed by atoms with Gasteiger partial charge in [-0.1, -0.05) is 42.5 Å². The molecule has 2 aromatic carbocycles. The molecule has 1 N–H and O–H groups in total. The predicted molar refractivity (Wildman–Crippen MR) is 117 cm³/mol. The minimum absolute atomic E-state index is 0.168. The zero-order chi connectivity index (χ0) is 21.0. The van der Waals surface area contributed by atoms with Crippen molar-refractivity contribution in [3.63, 3.8) is 0 Å². The van der Waals surface area contributed by atoms with Crippen molar-refractivity contribution in [2.45, 2.75) is 10.8 Å². The maximum atomic E-state index is 12.8. The van der Waals surface area contributed by atoms with Gasteiger partial charge >= 0.3 is 0 Å². The van der Waals surface area contributed by atoms with Crippen LogP contribution in [0.2, 0.25) is 0 Å². The van der Waals surface area contributed by atoms with E-state index < -0.39 is 10.0 Å². The molecule has 6 nitrogen and oxygen atoms in total. The van der Waals surface area contributed by atoms with Crippen LogP contribution in [0.1, 0.15) is 15.9 Å². The molecule has 2 heterocycles. The quantitative estimate of drug-likeness (QED) is 0.635. The molecular formula is C22H22N2O4S2. The summed E-state index contributed by atoms with van der Waals surface area (Å²) in [6, 6.07) is 20.4. The van der Waals surface area contributed by atoms with Gasteiger partial charge < -0.3 is 10.1 Å². The highest BCUT2D eigenvalue weighted by atomic mass is 32.2. The topological polar surface area (TPSA) is 75.7 Å². The Hall–Kier alpha value is -2.52. The summed E-state index contributed by atoms with van der Waals surface area (Å²) in [5.74, 6) is -0.168. The zero-order valence-corrected chi connectivity index (χ0v) is 17.9. The number of sulfonamides is 1. The molecule has 3 aromatic rings. The molecule has 156 valence electrons. The first kappa shape index (κ1) is 20.7. The Morgan fingerprint density at radius 2 is 1.77 bits per heavy atom. The summed E-state index contributed by atoms with van der Waals surface area (Å²) in [5.41, 5.74) is 2.38. The normalized spacial score (nSPS) is 15.1. The lowest BCUT2D eigenvalue weighted by Gasteiger charge is -2.25. The van der Waals surface area contributed by atoms with Crippen LogP contribution in [0.5, 0.6) is 0 Å². The standard InChI is InChI=1S/C22H22N2O4S2/c25-22(23-16-17-5-2-1-3-6-17)19-8-4-7-18(15-19)20-9-10-21(29-20)30(26,27)24-11-13-28-14-12-24/h1-10,15H,11-14,16H2,(H,23,25). The second-order valence-electron chi connectivity index (χ2n) is 6.88. The lowest BCUT2D eigenvalue weighted by Crippen LogP contribution is -2.40. The molecule has 1 fully saturated rings. The largest absolute Gasteiger partial charge is 0.379 e. The summed E-state index contributed by atoms with van der Waals surface area (Å²) in [6.45, 7) is 2.01. The van der Waals surface area contributed by atoms with Crippen LogP contribution >= 0.6 is 11.3 Å². The van der Waals surface area contributed by atoms with Crippen molar-refractivity contribution in [3.05, 3.63) is 77.9 Å². The molecule has 4 rings (SSSR count). The van der Waals surface area contributed by atoms with Gasteiger partial charge in [0.15, 0.2) is 0 Å². The van der Waals surface area contributed by atoms with Crippen LogP contribution in [0.4, 0.5) is 0 Å². The van der Waals surface area contributed by atoms with E-state index in [0.29, 0.717) is 42.6 Å². The van der Waals surface area contributed by atoms with Gasteiger partial charge in [0, 0.05) is 30.1 Å². The summed E-state index contributed by atoms with van der Waals surface area (Å²) < 4.78 is 32.7. The van der Waals surface area contributed by atoms with Gasteiger partial charge in [-0.3, -0.25) is 4.79 Å². The summed E-state index contributed by atoms with van der Waals surface area (Å²) in [7, 11) is -3.52. The van der Waals surface area contributed by atoms with Crippen LogP contribution in [0.3, 0.4) is 0 Å². The summed E-state index contributed by atoms with van der Waals surface area (Å²) >= 11 is 1.22. The zero-order valence-electron chi connectivity index (χ0n) is 16.3. The SMILES string of the molecule is O=C(NCc1ccccc1)c1cccc(-c2ccc(S(=O)(=O)N3CCOCC3)s2)c1. The molecule has 1 aliphatic rings. The third-order valence-electron chi connectivity index (χ3n) is 4.85. The molecule has 1 amide bonds. The number of nitrogens with zero attached hydrogens (tertiary/aromatic N) is 1. The molecule has 0 unspecified atom stereocenters. The minimum atomic E-state index is -3.52. The van der Waals surface area contributed by atoms with Crippen LogP contribution in [-0.4, -0.2) is 44.9 Å². The van der Waals surface area contributed by atoms with Crippen molar-refractivity contribution < 1.29 is 17.9 Å². The highest BCUT2D eigenvalue weighted by Crippen LogP contribution is 2.33. The monoisotopic (exact) mass is 442 g/mol. The fraction of sp³-hybridized carbons (Fsp3) is 0.227. The second kappa shape index (κ2) is 9.09. The lowest BCUT2D eigenvalue weighted by molar-refractivity contribution is 0.0731. The van der Waals surface area contributed by atoms with Crippen molar-refractivity contribution in [2.75, 3.05) is 26.3 Å². The molecule has 0 radical (unpaired) electrons. The van der Waals surface area contributed by atoms with E-state index in [2.05, 4.69) is 5.32 Å². The van der Waals surface area contributed by atoms with Crippen LogP contribution in [0, 0.1) is 0 Å². The van der Waals surface area contributed by atoms with Crippen molar-refractivity contribution in [3.8, 4) is 10.4 Å². The maximum Gasteiger partial charge on any atom is 0.252 e. The number of hydrogen-bond donors (Lipinski definition) is 1. The maximum absolute atomic E-state index is 12.8. The van der Waals surface area contributed by atoms with E-state index in [9.17, 15) is 13.2 Å². The number of hydrogen-bond acceptors (Lipinski definition) is 5. The lowest BCUT2D eigenvalue weighted by atomic mass is 10.1. The predicted octanol–water partition coefficient (Wildman–Crippen LogP) is 3.37. The summed E-state index contributed by atoms with van der Waals surface area (Å²) in [4.78, 5) is 13.4. The van der Waals surface area contributed by atoms with Gasteiger partial charge in [-0.25, -0.2) is 8.42 Å². The van der Waals surface area contributed by atoms with Gasteiger partial charge in [0.2, 0.25) is 0 Å². The summed E-state index contributed by atoms with van der Waals surface area (Å²) in [5, 5.41) is 2.92. The molecule has 0 aliphatic carbocycles. The molecule has 8 heteroatoms. The van der Waals surface area contributed by atoms with Crippen LogP contribution < -0.4 is 5.32 Å². The van der Waals surface area contributed by atoms with Crippen molar-refractivity contribution >= 4 is 27.3 Å². The van der Waals surface area contributed by atoms with E-state index in [1.54, 1.807) is 24.3 Å². The molecule has 1 saturated heterocycles. The van der Waals surface area contributed by atoms with Gasteiger partial charge in [-0.05, 0) is 35.4 Å². The molecular weight excluding hydrogens is 420 g/mol. The number of nitrogens with one attached hydrogen (secondary N) is 1. The number of rotatable bonds is 6. The number of benzene rings is 2. The Morgan fingerprint density at radius 3 is 2.53 bits per heavy atom. The van der Waals surface area contributed by atoms with Gasteiger partial charge in [0.1, 0.15) is 4.21 Å². The van der Waals surface area contributed by atoms with E-state index in [0.717, 1.165) is 16.0 Å². The average Bonchev–Trinajstić information content (AvgIpc) is 3.30. The van der Waals surface area contributed by atoms with Gasteiger partial charge in [0.05, 0.1) is 13.2 Å². The molecule has 0 spiro atoms. The van der Waals surface area contributed by atoms with Crippen molar-refractivity contribution in [1.82, 2.24) is 9.62 Å². The third kappa shape index (κ3) is 4.62. The first-order chi connectivity index (χ1) is 14.5.